The number of rotatable bonds is 7. The van der Waals surface area contributed by atoms with Gasteiger partial charge in [0.05, 0.1) is 11.5 Å². The van der Waals surface area contributed by atoms with Crippen LogP contribution in [0.2, 0.25) is 0 Å². The molecule has 2 amide bonds. The Morgan fingerprint density at radius 3 is 2.33 bits per heavy atom. The van der Waals surface area contributed by atoms with Gasteiger partial charge < -0.3 is 10.2 Å². The molecule has 4 nitrogen and oxygen atoms in total. The number of benzene rings is 2. The lowest BCUT2D eigenvalue weighted by molar-refractivity contribution is -0.127. The zero-order valence-corrected chi connectivity index (χ0v) is 14.8. The number of anilines is 1. The summed E-state index contributed by atoms with van der Waals surface area (Å²) in [7, 11) is 1.78. The van der Waals surface area contributed by atoms with Gasteiger partial charge >= 0.3 is 0 Å². The molecule has 0 aliphatic heterocycles. The third kappa shape index (κ3) is 6.08. The predicted octanol–water partition coefficient (Wildman–Crippen LogP) is 3.33. The van der Waals surface area contributed by atoms with Crippen LogP contribution in [0.25, 0.3) is 0 Å². The van der Waals surface area contributed by atoms with Crippen LogP contribution in [0.1, 0.15) is 11.1 Å². The van der Waals surface area contributed by atoms with E-state index in [1.54, 1.807) is 11.9 Å². The van der Waals surface area contributed by atoms with Gasteiger partial charge in [0, 0.05) is 19.3 Å². The second kappa shape index (κ2) is 9.13. The Morgan fingerprint density at radius 2 is 1.67 bits per heavy atom. The van der Waals surface area contributed by atoms with E-state index in [0.29, 0.717) is 12.3 Å². The third-order valence-corrected chi connectivity index (χ3v) is 4.40. The van der Waals surface area contributed by atoms with Crippen LogP contribution in [0, 0.1) is 6.92 Å². The van der Waals surface area contributed by atoms with Crippen LogP contribution in [0.5, 0.6) is 0 Å². The quantitative estimate of drug-likeness (QED) is 0.840. The molecule has 1 N–H and O–H groups in total. The van der Waals surface area contributed by atoms with Gasteiger partial charge in [0.2, 0.25) is 11.8 Å². The minimum Gasteiger partial charge on any atom is -0.341 e. The Kier molecular flexibility index (Phi) is 6.88. The zero-order chi connectivity index (χ0) is 17.4. The Balaban J connectivity index is 1.69. The SMILES string of the molecule is Cc1ccc(NC(=O)CSCC(=O)N(C)Cc2ccccc2)cc1. The summed E-state index contributed by atoms with van der Waals surface area (Å²) in [4.78, 5) is 25.7. The van der Waals surface area contributed by atoms with Crippen molar-refractivity contribution in [1.29, 1.82) is 0 Å². The fourth-order valence-electron chi connectivity index (χ4n) is 2.12. The van der Waals surface area contributed by atoms with Crippen molar-refractivity contribution in [3.8, 4) is 0 Å². The summed E-state index contributed by atoms with van der Waals surface area (Å²) in [5.41, 5.74) is 3.02. The molecule has 0 heterocycles. The summed E-state index contributed by atoms with van der Waals surface area (Å²) in [6.07, 6.45) is 0. The number of amides is 2. The molecule has 0 fully saturated rings. The smallest absolute Gasteiger partial charge is 0.234 e. The summed E-state index contributed by atoms with van der Waals surface area (Å²) in [5, 5.41) is 2.83. The van der Waals surface area contributed by atoms with Gasteiger partial charge in [0.15, 0.2) is 0 Å². The number of carbonyl (C=O) groups is 2. The van der Waals surface area contributed by atoms with Gasteiger partial charge in [-0.1, -0.05) is 48.0 Å². The van der Waals surface area contributed by atoms with E-state index < -0.39 is 0 Å². The fourth-order valence-corrected chi connectivity index (χ4v) is 2.88. The van der Waals surface area contributed by atoms with Crippen LogP contribution in [-0.4, -0.2) is 35.3 Å². The Labute approximate surface area is 147 Å². The van der Waals surface area contributed by atoms with E-state index in [-0.39, 0.29) is 17.6 Å². The largest absolute Gasteiger partial charge is 0.341 e. The van der Waals surface area contributed by atoms with E-state index >= 15 is 0 Å². The van der Waals surface area contributed by atoms with Crippen LogP contribution >= 0.6 is 11.8 Å². The molecular formula is C19H22N2O2S. The van der Waals surface area contributed by atoms with E-state index in [4.69, 9.17) is 0 Å². The lowest BCUT2D eigenvalue weighted by Crippen LogP contribution is -2.28. The van der Waals surface area contributed by atoms with Crippen molar-refractivity contribution < 1.29 is 9.59 Å². The van der Waals surface area contributed by atoms with Crippen LogP contribution in [0.3, 0.4) is 0 Å². The van der Waals surface area contributed by atoms with Gasteiger partial charge in [-0.25, -0.2) is 0 Å². The molecule has 0 atom stereocenters. The van der Waals surface area contributed by atoms with Crippen molar-refractivity contribution >= 4 is 29.3 Å². The first-order chi connectivity index (χ1) is 11.5. The second-order valence-corrected chi connectivity index (χ2v) is 6.63. The van der Waals surface area contributed by atoms with E-state index in [0.717, 1.165) is 16.8 Å². The van der Waals surface area contributed by atoms with Crippen molar-refractivity contribution in [1.82, 2.24) is 4.90 Å². The first kappa shape index (κ1) is 18.1. The maximum atomic E-state index is 12.1. The lowest BCUT2D eigenvalue weighted by atomic mass is 10.2. The number of nitrogens with zero attached hydrogens (tertiary/aromatic N) is 1. The van der Waals surface area contributed by atoms with Crippen molar-refractivity contribution in [2.75, 3.05) is 23.9 Å². The van der Waals surface area contributed by atoms with Gasteiger partial charge in [-0.15, -0.1) is 11.8 Å². The summed E-state index contributed by atoms with van der Waals surface area (Å²) >= 11 is 1.33. The average Bonchev–Trinajstić information content (AvgIpc) is 2.57. The molecular weight excluding hydrogens is 320 g/mol. The molecule has 0 saturated carbocycles. The van der Waals surface area contributed by atoms with Crippen LogP contribution in [0.4, 0.5) is 5.69 Å². The van der Waals surface area contributed by atoms with E-state index in [1.165, 1.54) is 11.8 Å². The molecule has 0 aromatic heterocycles. The molecule has 24 heavy (non-hydrogen) atoms. The molecule has 5 heteroatoms. The molecule has 0 radical (unpaired) electrons. The molecule has 0 spiro atoms. The molecule has 0 aliphatic carbocycles. The Morgan fingerprint density at radius 1 is 1.00 bits per heavy atom. The standard InChI is InChI=1S/C19H22N2O2S/c1-15-8-10-17(11-9-15)20-18(22)13-24-14-19(23)21(2)12-16-6-4-3-5-7-16/h3-11H,12-14H2,1-2H3,(H,20,22). The number of aryl methyl sites for hydroxylation is 1. The Hall–Kier alpha value is -2.27. The van der Waals surface area contributed by atoms with Gasteiger partial charge in [-0.05, 0) is 24.6 Å². The van der Waals surface area contributed by atoms with Gasteiger partial charge in [0.1, 0.15) is 0 Å². The predicted molar refractivity (Wildman–Crippen MR) is 100 cm³/mol. The van der Waals surface area contributed by atoms with Gasteiger partial charge in [0.25, 0.3) is 0 Å². The van der Waals surface area contributed by atoms with Crippen LogP contribution in [0.15, 0.2) is 54.6 Å². The highest BCUT2D eigenvalue weighted by atomic mass is 32.2. The first-order valence-corrected chi connectivity index (χ1v) is 8.92. The minimum atomic E-state index is -0.0950. The summed E-state index contributed by atoms with van der Waals surface area (Å²) < 4.78 is 0. The van der Waals surface area contributed by atoms with Crippen molar-refractivity contribution in [3.63, 3.8) is 0 Å². The first-order valence-electron chi connectivity index (χ1n) is 7.77. The monoisotopic (exact) mass is 342 g/mol. The average molecular weight is 342 g/mol. The van der Waals surface area contributed by atoms with E-state index in [1.807, 2.05) is 61.5 Å². The molecule has 2 rings (SSSR count). The molecule has 126 valence electrons. The highest BCUT2D eigenvalue weighted by Gasteiger charge is 2.11. The highest BCUT2D eigenvalue weighted by Crippen LogP contribution is 2.10. The summed E-state index contributed by atoms with van der Waals surface area (Å²) in [6.45, 7) is 2.58. The van der Waals surface area contributed by atoms with Crippen molar-refractivity contribution in [2.45, 2.75) is 13.5 Å². The van der Waals surface area contributed by atoms with Crippen LogP contribution < -0.4 is 5.32 Å². The number of thioether (sulfide) groups is 1. The molecule has 0 saturated heterocycles. The van der Waals surface area contributed by atoms with Crippen molar-refractivity contribution in [3.05, 3.63) is 65.7 Å². The number of hydrogen-bond acceptors (Lipinski definition) is 3. The molecule has 0 bridgehead atoms. The summed E-state index contributed by atoms with van der Waals surface area (Å²) in [6, 6.07) is 17.5. The minimum absolute atomic E-state index is 0.0204. The normalized spacial score (nSPS) is 10.2. The molecule has 0 unspecified atom stereocenters. The van der Waals surface area contributed by atoms with Crippen LogP contribution in [-0.2, 0) is 16.1 Å². The zero-order valence-electron chi connectivity index (χ0n) is 14.0. The maximum absolute atomic E-state index is 12.1. The van der Waals surface area contributed by atoms with Gasteiger partial charge in [-0.3, -0.25) is 9.59 Å². The highest BCUT2D eigenvalue weighted by molar-refractivity contribution is 8.00. The molecule has 2 aromatic rings. The molecule has 2 aromatic carbocycles. The Bertz CT molecular complexity index is 672. The van der Waals surface area contributed by atoms with Gasteiger partial charge in [-0.2, -0.15) is 0 Å². The topological polar surface area (TPSA) is 49.4 Å². The third-order valence-electron chi connectivity index (χ3n) is 3.48. The number of carbonyl (C=O) groups excluding carboxylic acids is 2. The lowest BCUT2D eigenvalue weighted by Gasteiger charge is -2.17. The maximum Gasteiger partial charge on any atom is 0.234 e. The van der Waals surface area contributed by atoms with E-state index in [2.05, 4.69) is 5.32 Å². The number of hydrogen-bond donors (Lipinski definition) is 1. The number of nitrogens with one attached hydrogen (secondary N) is 1. The molecule has 0 aliphatic rings. The summed E-state index contributed by atoms with van der Waals surface area (Å²) in [5.74, 6) is 0.484. The van der Waals surface area contributed by atoms with E-state index in [9.17, 15) is 9.59 Å². The van der Waals surface area contributed by atoms with Crippen molar-refractivity contribution in [2.24, 2.45) is 0 Å². The fraction of sp³-hybridized carbons (Fsp3) is 0.263. The second-order valence-electron chi connectivity index (χ2n) is 5.64.